The first-order valence-corrected chi connectivity index (χ1v) is 9.07. The molecule has 6 heteroatoms. The van der Waals surface area contributed by atoms with Gasteiger partial charge in [0.2, 0.25) is 5.91 Å². The number of fused-ring (bicyclic) bond motifs is 1. The van der Waals surface area contributed by atoms with Gasteiger partial charge in [0.1, 0.15) is 16.5 Å². The molecule has 0 aliphatic carbocycles. The minimum absolute atomic E-state index is 0.0416. The highest BCUT2D eigenvalue weighted by Crippen LogP contribution is 2.27. The Labute approximate surface area is 150 Å². The van der Waals surface area contributed by atoms with Gasteiger partial charge in [-0.25, -0.2) is 4.98 Å². The van der Waals surface area contributed by atoms with Crippen LogP contribution >= 0.6 is 11.8 Å². The van der Waals surface area contributed by atoms with Gasteiger partial charge < -0.3 is 14.5 Å². The summed E-state index contributed by atoms with van der Waals surface area (Å²) in [6.45, 7) is 2.49. The predicted molar refractivity (Wildman–Crippen MR) is 99.0 cm³/mol. The fraction of sp³-hybridized carbons (Fsp3) is 0.263. The van der Waals surface area contributed by atoms with Gasteiger partial charge in [-0.3, -0.25) is 4.79 Å². The van der Waals surface area contributed by atoms with Crippen LogP contribution in [0.1, 0.15) is 18.2 Å². The number of methoxy groups -OCH3 is 1. The van der Waals surface area contributed by atoms with Crippen molar-refractivity contribution in [2.45, 2.75) is 24.9 Å². The largest absolute Gasteiger partial charge is 0.497 e. The van der Waals surface area contributed by atoms with Gasteiger partial charge in [0.25, 0.3) is 0 Å². The minimum atomic E-state index is -0.0416. The Kier molecular flexibility index (Phi) is 5.60. The first-order valence-electron chi connectivity index (χ1n) is 8.09. The number of aryl methyl sites for hydroxylation is 1. The summed E-state index contributed by atoms with van der Waals surface area (Å²) in [4.78, 5) is 16.8. The molecule has 0 aliphatic rings. The Morgan fingerprint density at radius 1 is 1.32 bits per heavy atom. The highest BCUT2D eigenvalue weighted by atomic mass is 32.2. The normalized spacial score (nSPS) is 10.8. The fourth-order valence-corrected chi connectivity index (χ4v) is 3.39. The number of nitrogens with one attached hydrogen (secondary N) is 1. The number of carbonyl (C=O) groups excluding carboxylic acids is 1. The number of hydrogen-bond acceptors (Lipinski definition) is 5. The molecule has 0 saturated carbocycles. The molecule has 0 atom stereocenters. The average Bonchev–Trinajstić information content (AvgIpc) is 3.17. The van der Waals surface area contributed by atoms with Gasteiger partial charge in [0.05, 0.1) is 31.2 Å². The fourth-order valence-electron chi connectivity index (χ4n) is 2.47. The van der Waals surface area contributed by atoms with Crippen molar-refractivity contribution in [3.63, 3.8) is 0 Å². The average molecular weight is 356 g/mol. The number of aromatic nitrogens is 1. The smallest absolute Gasteiger partial charge is 0.230 e. The van der Waals surface area contributed by atoms with Crippen LogP contribution in [-0.4, -0.2) is 23.8 Å². The molecule has 0 unspecified atom stereocenters. The van der Waals surface area contributed by atoms with Gasteiger partial charge >= 0.3 is 0 Å². The van der Waals surface area contributed by atoms with E-state index in [1.165, 1.54) is 11.8 Å². The lowest BCUT2D eigenvalue weighted by Gasteiger charge is -2.10. The van der Waals surface area contributed by atoms with Crippen molar-refractivity contribution in [3.8, 4) is 5.75 Å². The summed E-state index contributed by atoms with van der Waals surface area (Å²) in [5, 5.41) is 4.79. The molecule has 1 amide bonds. The number of rotatable bonds is 7. The van der Waals surface area contributed by atoms with Crippen LogP contribution in [0.3, 0.4) is 0 Å². The lowest BCUT2D eigenvalue weighted by molar-refractivity contribution is -0.118. The third kappa shape index (κ3) is 4.33. The third-order valence-corrected chi connectivity index (χ3v) is 4.86. The molecular weight excluding hydrogens is 336 g/mol. The second-order valence-corrected chi connectivity index (χ2v) is 6.47. The molecule has 2 heterocycles. The van der Waals surface area contributed by atoms with Gasteiger partial charge in [-0.2, -0.15) is 0 Å². The number of hydrogen-bond donors (Lipinski definition) is 1. The first-order chi connectivity index (χ1) is 12.2. The Morgan fingerprint density at radius 3 is 2.92 bits per heavy atom. The maximum absolute atomic E-state index is 12.0. The molecule has 0 spiro atoms. The molecule has 0 radical (unpaired) electrons. The number of carbonyl (C=O) groups is 1. The van der Waals surface area contributed by atoms with Crippen LogP contribution in [0, 0.1) is 0 Å². The summed E-state index contributed by atoms with van der Waals surface area (Å²) >= 11 is 1.46. The molecule has 1 N–H and O–H groups in total. The summed E-state index contributed by atoms with van der Waals surface area (Å²) in [5.74, 6) is 1.84. The molecule has 0 saturated heterocycles. The highest BCUT2D eigenvalue weighted by molar-refractivity contribution is 7.99. The number of nitrogens with zero attached hydrogens (tertiary/aromatic N) is 1. The van der Waals surface area contributed by atoms with Crippen molar-refractivity contribution in [1.82, 2.24) is 10.3 Å². The minimum Gasteiger partial charge on any atom is -0.497 e. The lowest BCUT2D eigenvalue weighted by atomic mass is 10.1. The Morgan fingerprint density at radius 2 is 2.20 bits per heavy atom. The summed E-state index contributed by atoms with van der Waals surface area (Å²) in [6.07, 6.45) is 2.45. The molecule has 5 nitrogen and oxygen atoms in total. The molecule has 130 valence electrons. The zero-order valence-corrected chi connectivity index (χ0v) is 15.1. The number of furan rings is 1. The summed E-state index contributed by atoms with van der Waals surface area (Å²) < 4.78 is 10.5. The number of amides is 1. The van der Waals surface area contributed by atoms with E-state index in [2.05, 4.69) is 18.3 Å². The van der Waals surface area contributed by atoms with E-state index in [0.717, 1.165) is 39.4 Å². The van der Waals surface area contributed by atoms with E-state index in [-0.39, 0.29) is 5.91 Å². The van der Waals surface area contributed by atoms with Crippen LogP contribution in [0.5, 0.6) is 5.75 Å². The van der Waals surface area contributed by atoms with Crippen LogP contribution in [-0.2, 0) is 17.8 Å². The Balaban J connectivity index is 1.68. The molecule has 3 rings (SSSR count). The molecular formula is C19H20N2O3S. The zero-order valence-electron chi connectivity index (χ0n) is 14.2. The van der Waals surface area contributed by atoms with Crippen molar-refractivity contribution in [2.24, 2.45) is 0 Å². The van der Waals surface area contributed by atoms with Gasteiger partial charge in [-0.05, 0) is 48.4 Å². The molecule has 0 fully saturated rings. The maximum atomic E-state index is 12.0. The van der Waals surface area contributed by atoms with Crippen molar-refractivity contribution in [1.29, 1.82) is 0 Å². The van der Waals surface area contributed by atoms with E-state index in [4.69, 9.17) is 14.1 Å². The third-order valence-electron chi connectivity index (χ3n) is 3.82. The predicted octanol–water partition coefficient (Wildman–Crippen LogP) is 3.81. The van der Waals surface area contributed by atoms with Crippen LogP contribution < -0.4 is 10.1 Å². The molecule has 25 heavy (non-hydrogen) atoms. The van der Waals surface area contributed by atoms with Gasteiger partial charge in [-0.15, -0.1) is 0 Å². The summed E-state index contributed by atoms with van der Waals surface area (Å²) in [6, 6.07) is 11.6. The van der Waals surface area contributed by atoms with Crippen LogP contribution in [0.4, 0.5) is 0 Å². The van der Waals surface area contributed by atoms with Crippen molar-refractivity contribution < 1.29 is 13.9 Å². The van der Waals surface area contributed by atoms with E-state index >= 15 is 0 Å². The first kappa shape index (κ1) is 17.4. The molecule has 1 aromatic carbocycles. The SMILES string of the molecule is CCc1cc2cc(OC)ccc2nc1SCC(=O)NCc1ccco1. The van der Waals surface area contributed by atoms with Gasteiger partial charge in [0.15, 0.2) is 0 Å². The zero-order chi connectivity index (χ0) is 17.6. The van der Waals surface area contributed by atoms with Crippen molar-refractivity contribution in [2.75, 3.05) is 12.9 Å². The van der Waals surface area contributed by atoms with Crippen molar-refractivity contribution in [3.05, 3.63) is 54.0 Å². The van der Waals surface area contributed by atoms with E-state index in [1.54, 1.807) is 19.4 Å². The summed E-state index contributed by atoms with van der Waals surface area (Å²) in [5.41, 5.74) is 2.03. The standard InChI is InChI=1S/C19H20N2O3S/c1-3-13-9-14-10-15(23-2)6-7-17(14)21-19(13)25-12-18(22)20-11-16-5-4-8-24-16/h4-10H,3,11-12H2,1-2H3,(H,20,22). The van der Waals surface area contributed by atoms with E-state index < -0.39 is 0 Å². The second-order valence-electron chi connectivity index (χ2n) is 5.51. The molecule has 0 bridgehead atoms. The molecule has 2 aromatic heterocycles. The quantitative estimate of drug-likeness (QED) is 0.652. The number of pyridine rings is 1. The van der Waals surface area contributed by atoms with E-state index in [0.29, 0.717) is 12.3 Å². The number of thioether (sulfide) groups is 1. The van der Waals surface area contributed by atoms with Gasteiger partial charge in [0, 0.05) is 5.39 Å². The van der Waals surface area contributed by atoms with E-state index in [9.17, 15) is 4.79 Å². The van der Waals surface area contributed by atoms with Crippen molar-refractivity contribution >= 4 is 28.6 Å². The highest BCUT2D eigenvalue weighted by Gasteiger charge is 2.10. The number of benzene rings is 1. The van der Waals surface area contributed by atoms with E-state index in [1.807, 2.05) is 24.3 Å². The Bertz CT molecular complexity index is 862. The second kappa shape index (κ2) is 8.07. The van der Waals surface area contributed by atoms with Gasteiger partial charge in [-0.1, -0.05) is 18.7 Å². The lowest BCUT2D eigenvalue weighted by Crippen LogP contribution is -2.24. The number of ether oxygens (including phenoxy) is 1. The maximum Gasteiger partial charge on any atom is 0.230 e. The molecule has 3 aromatic rings. The van der Waals surface area contributed by atoms with Crippen LogP contribution in [0.15, 0.2) is 52.1 Å². The van der Waals surface area contributed by atoms with Crippen LogP contribution in [0.2, 0.25) is 0 Å². The Hall–Kier alpha value is -2.47. The monoisotopic (exact) mass is 356 g/mol. The van der Waals surface area contributed by atoms with Crippen LogP contribution in [0.25, 0.3) is 10.9 Å². The molecule has 0 aliphatic heterocycles. The topological polar surface area (TPSA) is 64.4 Å². The summed E-state index contributed by atoms with van der Waals surface area (Å²) in [7, 11) is 1.65.